The number of aromatic carboxylic acids is 1. The molecule has 0 unspecified atom stereocenters. The highest BCUT2D eigenvalue weighted by atomic mass is 16.5. The second-order valence-corrected chi connectivity index (χ2v) is 4.10. The molecule has 0 aliphatic carbocycles. The number of hydrogen-bond donors (Lipinski definition) is 2. The van der Waals surface area contributed by atoms with Crippen LogP contribution in [0.15, 0.2) is 24.3 Å². The first-order valence-corrected chi connectivity index (χ1v) is 5.74. The maximum atomic E-state index is 11.5. The predicted molar refractivity (Wildman–Crippen MR) is 67.7 cm³/mol. The van der Waals surface area contributed by atoms with Crippen molar-refractivity contribution in [3.8, 4) is 0 Å². The Morgan fingerprint density at radius 3 is 2.72 bits per heavy atom. The van der Waals surface area contributed by atoms with Gasteiger partial charge >= 0.3 is 5.97 Å². The fourth-order valence-corrected chi connectivity index (χ4v) is 1.34. The second-order valence-electron chi connectivity index (χ2n) is 4.10. The SMILES string of the molecule is CC(C)OCCC(=O)Nc1cccc(C(=O)O)c1. The van der Waals surface area contributed by atoms with Crippen molar-refractivity contribution >= 4 is 17.6 Å². The summed E-state index contributed by atoms with van der Waals surface area (Å²) in [5, 5.41) is 11.4. The van der Waals surface area contributed by atoms with Gasteiger partial charge in [-0.25, -0.2) is 4.79 Å². The number of amides is 1. The Hall–Kier alpha value is -1.88. The molecule has 0 atom stereocenters. The smallest absolute Gasteiger partial charge is 0.335 e. The Morgan fingerprint density at radius 1 is 1.39 bits per heavy atom. The van der Waals surface area contributed by atoms with Crippen molar-refractivity contribution in [3.05, 3.63) is 29.8 Å². The van der Waals surface area contributed by atoms with E-state index in [0.29, 0.717) is 12.3 Å². The van der Waals surface area contributed by atoms with Gasteiger partial charge in [0.15, 0.2) is 0 Å². The highest BCUT2D eigenvalue weighted by molar-refractivity contribution is 5.93. The van der Waals surface area contributed by atoms with E-state index < -0.39 is 5.97 Å². The number of carboxylic acid groups (broad SMARTS) is 1. The molecule has 0 spiro atoms. The van der Waals surface area contributed by atoms with Crippen LogP contribution in [0.1, 0.15) is 30.6 Å². The number of benzene rings is 1. The van der Waals surface area contributed by atoms with E-state index >= 15 is 0 Å². The van der Waals surface area contributed by atoms with E-state index in [-0.39, 0.29) is 24.0 Å². The fourth-order valence-electron chi connectivity index (χ4n) is 1.34. The molecule has 0 fully saturated rings. The van der Waals surface area contributed by atoms with Gasteiger partial charge in [0.25, 0.3) is 0 Å². The van der Waals surface area contributed by atoms with Crippen LogP contribution in [0.5, 0.6) is 0 Å². The Morgan fingerprint density at radius 2 is 2.11 bits per heavy atom. The molecule has 0 aromatic heterocycles. The molecule has 0 saturated heterocycles. The zero-order chi connectivity index (χ0) is 13.5. The predicted octanol–water partition coefficient (Wildman–Crippen LogP) is 2.14. The van der Waals surface area contributed by atoms with Gasteiger partial charge in [-0.05, 0) is 32.0 Å². The number of hydrogen-bond acceptors (Lipinski definition) is 3. The summed E-state index contributed by atoms with van der Waals surface area (Å²) in [5.41, 5.74) is 0.621. The van der Waals surface area contributed by atoms with E-state index in [2.05, 4.69) is 5.32 Å². The van der Waals surface area contributed by atoms with Gasteiger partial charge in [-0.3, -0.25) is 4.79 Å². The molecule has 0 radical (unpaired) electrons. The number of carbonyl (C=O) groups is 2. The van der Waals surface area contributed by atoms with E-state index in [1.54, 1.807) is 12.1 Å². The molecule has 5 heteroatoms. The molecule has 0 saturated carbocycles. The largest absolute Gasteiger partial charge is 0.478 e. The first-order chi connectivity index (χ1) is 8.49. The summed E-state index contributed by atoms with van der Waals surface area (Å²) >= 11 is 0. The monoisotopic (exact) mass is 251 g/mol. The lowest BCUT2D eigenvalue weighted by Gasteiger charge is -2.08. The van der Waals surface area contributed by atoms with Gasteiger partial charge in [-0.2, -0.15) is 0 Å². The lowest BCUT2D eigenvalue weighted by atomic mass is 10.2. The average Bonchev–Trinajstić information content (AvgIpc) is 2.28. The van der Waals surface area contributed by atoms with Crippen LogP contribution in [0.2, 0.25) is 0 Å². The number of nitrogens with one attached hydrogen (secondary N) is 1. The van der Waals surface area contributed by atoms with Gasteiger partial charge in [-0.1, -0.05) is 6.07 Å². The molecule has 2 N–H and O–H groups in total. The topological polar surface area (TPSA) is 75.6 Å². The van der Waals surface area contributed by atoms with Crippen LogP contribution in [0.3, 0.4) is 0 Å². The summed E-state index contributed by atoms with van der Waals surface area (Å²) in [6.45, 7) is 4.14. The molecular weight excluding hydrogens is 234 g/mol. The lowest BCUT2D eigenvalue weighted by molar-refractivity contribution is -0.117. The highest BCUT2D eigenvalue weighted by Gasteiger charge is 2.06. The molecule has 1 amide bonds. The summed E-state index contributed by atoms with van der Waals surface area (Å²) in [5.74, 6) is -1.22. The van der Waals surface area contributed by atoms with Crippen molar-refractivity contribution in [3.63, 3.8) is 0 Å². The van der Waals surface area contributed by atoms with E-state index in [1.807, 2.05) is 13.8 Å². The van der Waals surface area contributed by atoms with E-state index in [1.165, 1.54) is 12.1 Å². The Balaban J connectivity index is 2.49. The number of rotatable bonds is 6. The fraction of sp³-hybridized carbons (Fsp3) is 0.385. The van der Waals surface area contributed by atoms with Crippen molar-refractivity contribution < 1.29 is 19.4 Å². The van der Waals surface area contributed by atoms with Gasteiger partial charge < -0.3 is 15.2 Å². The summed E-state index contributed by atoms with van der Waals surface area (Å²) in [7, 11) is 0. The summed E-state index contributed by atoms with van der Waals surface area (Å²) in [6, 6.07) is 6.13. The third-order valence-electron chi connectivity index (χ3n) is 2.17. The molecule has 0 heterocycles. The van der Waals surface area contributed by atoms with Crippen molar-refractivity contribution in [2.45, 2.75) is 26.4 Å². The molecule has 98 valence electrons. The third kappa shape index (κ3) is 4.97. The van der Waals surface area contributed by atoms with Gasteiger partial charge in [-0.15, -0.1) is 0 Å². The molecule has 1 aromatic rings. The molecule has 5 nitrogen and oxygen atoms in total. The minimum Gasteiger partial charge on any atom is -0.478 e. The maximum Gasteiger partial charge on any atom is 0.335 e. The van der Waals surface area contributed by atoms with Gasteiger partial charge in [0.05, 0.1) is 24.7 Å². The molecule has 0 aliphatic rings. The van der Waals surface area contributed by atoms with Crippen LogP contribution in [0.25, 0.3) is 0 Å². The van der Waals surface area contributed by atoms with Crippen LogP contribution >= 0.6 is 0 Å². The van der Waals surface area contributed by atoms with Crippen LogP contribution in [0, 0.1) is 0 Å². The molecule has 18 heavy (non-hydrogen) atoms. The van der Waals surface area contributed by atoms with E-state index in [4.69, 9.17) is 9.84 Å². The lowest BCUT2D eigenvalue weighted by Crippen LogP contribution is -2.16. The van der Waals surface area contributed by atoms with Crippen molar-refractivity contribution in [2.75, 3.05) is 11.9 Å². The first kappa shape index (κ1) is 14.2. The van der Waals surface area contributed by atoms with Crippen LogP contribution in [0.4, 0.5) is 5.69 Å². The summed E-state index contributed by atoms with van der Waals surface area (Å²) in [6.07, 6.45) is 0.336. The minimum absolute atomic E-state index is 0.0909. The molecule has 0 aliphatic heterocycles. The minimum atomic E-state index is -1.02. The number of anilines is 1. The molecule has 0 bridgehead atoms. The number of carbonyl (C=O) groups excluding carboxylic acids is 1. The third-order valence-corrected chi connectivity index (χ3v) is 2.17. The number of ether oxygens (including phenoxy) is 1. The normalized spacial score (nSPS) is 10.4. The van der Waals surface area contributed by atoms with E-state index in [0.717, 1.165) is 0 Å². The Kier molecular flexibility index (Phi) is 5.32. The number of carboxylic acids is 1. The quantitative estimate of drug-likeness (QED) is 0.812. The van der Waals surface area contributed by atoms with Gasteiger partial charge in [0, 0.05) is 5.69 Å². The summed E-state index contributed by atoms with van der Waals surface area (Å²) < 4.78 is 5.26. The van der Waals surface area contributed by atoms with Crippen molar-refractivity contribution in [1.29, 1.82) is 0 Å². The highest BCUT2D eigenvalue weighted by Crippen LogP contribution is 2.11. The zero-order valence-corrected chi connectivity index (χ0v) is 10.5. The maximum absolute atomic E-state index is 11.5. The van der Waals surface area contributed by atoms with Gasteiger partial charge in [0.2, 0.25) is 5.91 Å². The van der Waals surface area contributed by atoms with Crippen LogP contribution in [-0.4, -0.2) is 29.7 Å². The summed E-state index contributed by atoms with van der Waals surface area (Å²) in [4.78, 5) is 22.3. The van der Waals surface area contributed by atoms with Crippen LogP contribution in [-0.2, 0) is 9.53 Å². The van der Waals surface area contributed by atoms with Gasteiger partial charge in [0.1, 0.15) is 0 Å². The molecule has 1 rings (SSSR count). The standard InChI is InChI=1S/C13H17NO4/c1-9(2)18-7-6-12(15)14-11-5-3-4-10(8-11)13(16)17/h3-5,8-9H,6-7H2,1-2H3,(H,14,15)(H,16,17). The van der Waals surface area contributed by atoms with E-state index in [9.17, 15) is 9.59 Å². The molecule has 1 aromatic carbocycles. The molecular formula is C13H17NO4. The Labute approximate surface area is 106 Å². The van der Waals surface area contributed by atoms with Crippen molar-refractivity contribution in [2.24, 2.45) is 0 Å². The first-order valence-electron chi connectivity index (χ1n) is 5.74. The zero-order valence-electron chi connectivity index (χ0n) is 10.5. The average molecular weight is 251 g/mol. The Bertz CT molecular complexity index is 429. The second kappa shape index (κ2) is 6.76. The van der Waals surface area contributed by atoms with Crippen LogP contribution < -0.4 is 5.32 Å². The van der Waals surface area contributed by atoms with Crippen molar-refractivity contribution in [1.82, 2.24) is 0 Å².